The minimum Gasteiger partial charge on any atom is -0.444 e. The summed E-state index contributed by atoms with van der Waals surface area (Å²) in [5.74, 6) is 1.18. The van der Waals surface area contributed by atoms with Gasteiger partial charge in [-0.2, -0.15) is 0 Å². The molecule has 2 atom stereocenters. The molecule has 1 aromatic rings. The first kappa shape index (κ1) is 24.3. The number of rotatable bonds is 5. The molecule has 170 valence electrons. The molecule has 6 heteroatoms. The van der Waals surface area contributed by atoms with Gasteiger partial charge in [-0.15, -0.1) is 0 Å². The molecule has 0 saturated heterocycles. The summed E-state index contributed by atoms with van der Waals surface area (Å²) >= 11 is 0. The van der Waals surface area contributed by atoms with Crippen LogP contribution in [0.5, 0.6) is 0 Å². The van der Waals surface area contributed by atoms with Gasteiger partial charge in [-0.3, -0.25) is 0 Å². The normalized spacial score (nSPS) is 21.6. The smallest absolute Gasteiger partial charge is 0.407 e. The second kappa shape index (κ2) is 9.03. The van der Waals surface area contributed by atoms with Crippen molar-refractivity contribution >= 4 is 17.6 Å². The summed E-state index contributed by atoms with van der Waals surface area (Å²) in [5, 5.41) is 9.86. The zero-order valence-corrected chi connectivity index (χ0v) is 20.4. The Morgan fingerprint density at radius 3 is 2.43 bits per heavy atom. The molecule has 1 aliphatic rings. The van der Waals surface area contributed by atoms with Gasteiger partial charge in [0.15, 0.2) is 0 Å². The molecule has 0 aromatic carbocycles. The van der Waals surface area contributed by atoms with Gasteiger partial charge in [0.2, 0.25) is 0 Å². The summed E-state index contributed by atoms with van der Waals surface area (Å²) in [6.07, 6.45) is 2.60. The van der Waals surface area contributed by atoms with Crippen molar-refractivity contribution in [2.24, 2.45) is 10.8 Å². The van der Waals surface area contributed by atoms with Crippen molar-refractivity contribution in [2.45, 2.75) is 92.2 Å². The van der Waals surface area contributed by atoms with E-state index in [1.807, 2.05) is 27.8 Å². The summed E-state index contributed by atoms with van der Waals surface area (Å²) in [5.41, 5.74) is 1.82. The minimum atomic E-state index is -0.499. The number of nitrogens with zero attached hydrogens (tertiary/aromatic N) is 1. The van der Waals surface area contributed by atoms with Crippen LogP contribution in [0.1, 0.15) is 86.3 Å². The van der Waals surface area contributed by atoms with E-state index in [-0.39, 0.29) is 23.0 Å². The molecular formula is C24H42N4O2. The highest BCUT2D eigenvalue weighted by molar-refractivity contribution is 5.68. The van der Waals surface area contributed by atoms with Crippen LogP contribution in [0.15, 0.2) is 12.1 Å². The first-order chi connectivity index (χ1) is 13.7. The van der Waals surface area contributed by atoms with Gasteiger partial charge in [-0.1, -0.05) is 34.6 Å². The lowest BCUT2D eigenvalue weighted by molar-refractivity contribution is 0.0410. The zero-order chi connectivity index (χ0) is 22.7. The van der Waals surface area contributed by atoms with Crippen LogP contribution >= 0.6 is 0 Å². The number of ether oxygens (including phenoxy) is 1. The number of amides is 1. The number of anilines is 2. The third-order valence-corrected chi connectivity index (χ3v) is 5.67. The largest absolute Gasteiger partial charge is 0.444 e. The number of hydrogen-bond donors (Lipinski definition) is 3. The Morgan fingerprint density at radius 1 is 1.20 bits per heavy atom. The van der Waals surface area contributed by atoms with Crippen LogP contribution in [-0.2, 0) is 4.74 Å². The Balaban J connectivity index is 2.14. The number of alkyl carbamates (subject to hydrolysis) is 1. The van der Waals surface area contributed by atoms with Gasteiger partial charge in [-0.25, -0.2) is 9.78 Å². The number of aromatic nitrogens is 1. The standard InChI is InChI=1S/C24H42N4O2/c1-22(2,3)15-26-18-11-10-17(27-20(18)25-9)16-12-13-24(7,8)19(14-16)28-21(29)30-23(4,5)6/h10-11,16,19,26H,12-15H2,1-9H3,(H,25,27)(H,28,29). The van der Waals surface area contributed by atoms with E-state index in [1.54, 1.807) is 0 Å². The number of hydrogen-bond acceptors (Lipinski definition) is 5. The fourth-order valence-corrected chi connectivity index (χ4v) is 3.81. The van der Waals surface area contributed by atoms with Gasteiger partial charge in [0.25, 0.3) is 0 Å². The molecule has 6 nitrogen and oxygen atoms in total. The van der Waals surface area contributed by atoms with Crippen molar-refractivity contribution < 1.29 is 9.53 Å². The predicted molar refractivity (Wildman–Crippen MR) is 125 cm³/mol. The van der Waals surface area contributed by atoms with Crippen LogP contribution in [-0.4, -0.2) is 36.3 Å². The van der Waals surface area contributed by atoms with E-state index in [4.69, 9.17) is 9.72 Å². The monoisotopic (exact) mass is 418 g/mol. The molecule has 0 aliphatic heterocycles. The Bertz CT molecular complexity index is 732. The van der Waals surface area contributed by atoms with Crippen LogP contribution in [0, 0.1) is 10.8 Å². The average molecular weight is 419 g/mol. The van der Waals surface area contributed by atoms with Crippen LogP contribution in [0.3, 0.4) is 0 Å². The van der Waals surface area contributed by atoms with Gasteiger partial charge >= 0.3 is 6.09 Å². The third-order valence-electron chi connectivity index (χ3n) is 5.67. The van der Waals surface area contributed by atoms with Crippen LogP contribution in [0.25, 0.3) is 0 Å². The van der Waals surface area contributed by atoms with E-state index in [2.05, 4.69) is 62.7 Å². The molecular weight excluding hydrogens is 376 g/mol. The quantitative estimate of drug-likeness (QED) is 0.566. The predicted octanol–water partition coefficient (Wildman–Crippen LogP) is 5.77. The van der Waals surface area contributed by atoms with E-state index in [0.717, 1.165) is 43.0 Å². The molecule has 1 heterocycles. The fraction of sp³-hybridized carbons (Fsp3) is 0.750. The number of nitrogens with one attached hydrogen (secondary N) is 3. The Kier molecular flexibility index (Phi) is 7.31. The van der Waals surface area contributed by atoms with Gasteiger partial charge < -0.3 is 20.7 Å². The number of carbonyl (C=O) groups excluding carboxylic acids is 1. The molecule has 3 N–H and O–H groups in total. The first-order valence-electron chi connectivity index (χ1n) is 11.1. The van der Waals surface area contributed by atoms with Crippen LogP contribution in [0.2, 0.25) is 0 Å². The molecule has 1 aliphatic carbocycles. The summed E-state index contributed by atoms with van der Waals surface area (Å²) in [6.45, 7) is 17.6. The molecule has 1 amide bonds. The Labute approximate surface area is 183 Å². The van der Waals surface area contributed by atoms with Crippen molar-refractivity contribution in [1.29, 1.82) is 0 Å². The third kappa shape index (κ3) is 7.06. The van der Waals surface area contributed by atoms with E-state index in [1.165, 1.54) is 0 Å². The molecule has 2 unspecified atom stereocenters. The first-order valence-corrected chi connectivity index (χ1v) is 11.1. The summed E-state index contributed by atoms with van der Waals surface area (Å²) in [4.78, 5) is 17.3. The lowest BCUT2D eigenvalue weighted by Gasteiger charge is -2.42. The van der Waals surface area contributed by atoms with E-state index >= 15 is 0 Å². The molecule has 2 rings (SSSR count). The fourth-order valence-electron chi connectivity index (χ4n) is 3.81. The second-order valence-corrected chi connectivity index (χ2v) is 11.5. The average Bonchev–Trinajstić information content (AvgIpc) is 2.59. The van der Waals surface area contributed by atoms with Crippen molar-refractivity contribution in [1.82, 2.24) is 10.3 Å². The highest BCUT2D eigenvalue weighted by Gasteiger charge is 2.39. The van der Waals surface area contributed by atoms with Gasteiger partial charge in [0.1, 0.15) is 11.4 Å². The lowest BCUT2D eigenvalue weighted by atomic mass is 9.68. The van der Waals surface area contributed by atoms with Crippen molar-refractivity contribution in [3.05, 3.63) is 17.8 Å². The highest BCUT2D eigenvalue weighted by atomic mass is 16.6. The van der Waals surface area contributed by atoms with Crippen molar-refractivity contribution in [3.63, 3.8) is 0 Å². The summed E-state index contributed by atoms with van der Waals surface area (Å²) in [7, 11) is 1.91. The van der Waals surface area contributed by atoms with E-state index < -0.39 is 5.60 Å². The molecule has 1 saturated carbocycles. The molecule has 0 radical (unpaired) electrons. The highest BCUT2D eigenvalue weighted by Crippen LogP contribution is 2.43. The summed E-state index contributed by atoms with van der Waals surface area (Å²) < 4.78 is 5.50. The lowest BCUT2D eigenvalue weighted by Crippen LogP contribution is -2.49. The van der Waals surface area contributed by atoms with Crippen molar-refractivity contribution in [2.75, 3.05) is 24.2 Å². The Hall–Kier alpha value is -1.98. The van der Waals surface area contributed by atoms with Gasteiger partial charge in [0.05, 0.1) is 5.69 Å². The molecule has 30 heavy (non-hydrogen) atoms. The maximum absolute atomic E-state index is 12.4. The Morgan fingerprint density at radius 2 is 1.87 bits per heavy atom. The van der Waals surface area contributed by atoms with Gasteiger partial charge in [-0.05, 0) is 63.0 Å². The molecule has 1 fully saturated rings. The molecule has 0 spiro atoms. The van der Waals surface area contributed by atoms with Crippen LogP contribution in [0.4, 0.5) is 16.3 Å². The molecule has 0 bridgehead atoms. The minimum absolute atomic E-state index is 0.0213. The second-order valence-electron chi connectivity index (χ2n) is 11.5. The SMILES string of the molecule is CNc1nc(C2CCC(C)(C)C(NC(=O)OC(C)(C)C)C2)ccc1NCC(C)(C)C. The maximum atomic E-state index is 12.4. The van der Waals surface area contributed by atoms with Gasteiger partial charge in [0, 0.05) is 31.2 Å². The van der Waals surface area contributed by atoms with E-state index in [9.17, 15) is 4.79 Å². The van der Waals surface area contributed by atoms with E-state index in [0.29, 0.717) is 5.92 Å². The molecule has 1 aromatic heterocycles. The zero-order valence-electron chi connectivity index (χ0n) is 20.4. The number of carbonyl (C=O) groups is 1. The number of pyridine rings is 1. The van der Waals surface area contributed by atoms with Crippen molar-refractivity contribution in [3.8, 4) is 0 Å². The maximum Gasteiger partial charge on any atom is 0.407 e. The van der Waals surface area contributed by atoms with Crippen LogP contribution < -0.4 is 16.0 Å². The summed E-state index contributed by atoms with van der Waals surface area (Å²) in [6, 6.07) is 4.29. The topological polar surface area (TPSA) is 75.3 Å².